The number of fused-ring (bicyclic) bond motifs is 1. The molecule has 0 bridgehead atoms. The highest BCUT2D eigenvalue weighted by atomic mass is 35.5. The monoisotopic (exact) mass is 322 g/mol. The van der Waals surface area contributed by atoms with Crippen molar-refractivity contribution in [1.29, 1.82) is 0 Å². The van der Waals surface area contributed by atoms with E-state index in [2.05, 4.69) is 20.2 Å². The number of benzene rings is 1. The number of nitrogens with zero attached hydrogens (tertiary/aromatic N) is 3. The number of hydrogen-bond donors (Lipinski definition) is 1. The van der Waals surface area contributed by atoms with Gasteiger partial charge in [-0.15, -0.1) is 0 Å². The first kappa shape index (κ1) is 14.8. The standard InChI is InChI=1S/C15H16ClFN4O/c1-21-4-5-22-13-7-11(17)10(6-12(13)21)2-3-18-15-8-14(16)19-9-20-15/h6-9H,2-5H2,1H3,(H,18,19,20). The second kappa shape index (κ2) is 6.36. The molecule has 1 aliphatic rings. The van der Waals surface area contributed by atoms with Crippen LogP contribution in [0.3, 0.4) is 0 Å². The van der Waals surface area contributed by atoms with Gasteiger partial charge in [0.2, 0.25) is 0 Å². The van der Waals surface area contributed by atoms with Crippen LogP contribution in [0.2, 0.25) is 5.15 Å². The maximum atomic E-state index is 14.1. The van der Waals surface area contributed by atoms with Crippen LogP contribution in [0, 0.1) is 5.82 Å². The number of aromatic nitrogens is 2. The van der Waals surface area contributed by atoms with E-state index in [0.717, 1.165) is 12.2 Å². The van der Waals surface area contributed by atoms with Gasteiger partial charge in [-0.2, -0.15) is 0 Å². The number of rotatable bonds is 4. The van der Waals surface area contributed by atoms with E-state index >= 15 is 0 Å². The van der Waals surface area contributed by atoms with Crippen molar-refractivity contribution in [2.24, 2.45) is 0 Å². The van der Waals surface area contributed by atoms with Crippen LogP contribution in [0.1, 0.15) is 5.56 Å². The SMILES string of the molecule is CN1CCOc2cc(F)c(CCNc3cc(Cl)ncn3)cc21. The van der Waals surface area contributed by atoms with Gasteiger partial charge in [0.25, 0.3) is 0 Å². The summed E-state index contributed by atoms with van der Waals surface area (Å²) in [5.41, 5.74) is 1.57. The molecule has 0 aliphatic carbocycles. The van der Waals surface area contributed by atoms with E-state index in [9.17, 15) is 4.39 Å². The highest BCUT2D eigenvalue weighted by molar-refractivity contribution is 6.29. The van der Waals surface area contributed by atoms with Crippen molar-refractivity contribution < 1.29 is 9.13 Å². The van der Waals surface area contributed by atoms with Gasteiger partial charge in [-0.3, -0.25) is 0 Å². The summed E-state index contributed by atoms with van der Waals surface area (Å²) >= 11 is 5.79. The van der Waals surface area contributed by atoms with Crippen molar-refractivity contribution in [1.82, 2.24) is 9.97 Å². The Kier molecular flexibility index (Phi) is 4.29. The number of ether oxygens (including phenoxy) is 1. The van der Waals surface area contributed by atoms with Crippen LogP contribution in [-0.4, -0.2) is 36.7 Å². The minimum absolute atomic E-state index is 0.253. The third-order valence-corrected chi connectivity index (χ3v) is 3.76. The van der Waals surface area contributed by atoms with E-state index < -0.39 is 0 Å². The molecule has 116 valence electrons. The third kappa shape index (κ3) is 3.22. The molecule has 0 unspecified atom stereocenters. The number of likely N-dealkylation sites (N-methyl/N-ethyl adjacent to an activating group) is 1. The lowest BCUT2D eigenvalue weighted by atomic mass is 10.1. The first-order valence-electron chi connectivity index (χ1n) is 7.01. The second-order valence-electron chi connectivity index (χ2n) is 5.08. The van der Waals surface area contributed by atoms with Crippen molar-refractivity contribution in [3.8, 4) is 5.75 Å². The largest absolute Gasteiger partial charge is 0.489 e. The Bertz CT molecular complexity index is 683. The fraction of sp³-hybridized carbons (Fsp3) is 0.333. The van der Waals surface area contributed by atoms with Gasteiger partial charge in [0.15, 0.2) is 0 Å². The topological polar surface area (TPSA) is 50.3 Å². The van der Waals surface area contributed by atoms with Crippen molar-refractivity contribution >= 4 is 23.1 Å². The molecule has 22 heavy (non-hydrogen) atoms. The molecule has 1 N–H and O–H groups in total. The second-order valence-corrected chi connectivity index (χ2v) is 5.47. The lowest BCUT2D eigenvalue weighted by molar-refractivity contribution is 0.309. The molecule has 0 radical (unpaired) electrons. The number of nitrogens with one attached hydrogen (secondary N) is 1. The van der Waals surface area contributed by atoms with Gasteiger partial charge in [-0.1, -0.05) is 11.6 Å². The van der Waals surface area contributed by atoms with Crippen LogP contribution in [0.5, 0.6) is 5.75 Å². The third-order valence-electron chi connectivity index (χ3n) is 3.56. The smallest absolute Gasteiger partial charge is 0.145 e. The predicted octanol–water partition coefficient (Wildman–Crippen LogP) is 2.75. The fourth-order valence-corrected chi connectivity index (χ4v) is 2.51. The van der Waals surface area contributed by atoms with Gasteiger partial charge < -0.3 is 15.0 Å². The van der Waals surface area contributed by atoms with Gasteiger partial charge in [0.05, 0.1) is 12.2 Å². The zero-order valence-corrected chi connectivity index (χ0v) is 12.9. The lowest BCUT2D eigenvalue weighted by Gasteiger charge is -2.28. The van der Waals surface area contributed by atoms with Crippen LogP contribution >= 0.6 is 11.6 Å². The van der Waals surface area contributed by atoms with Gasteiger partial charge in [0, 0.05) is 25.7 Å². The zero-order chi connectivity index (χ0) is 15.5. The first-order chi connectivity index (χ1) is 10.6. The summed E-state index contributed by atoms with van der Waals surface area (Å²) in [6.07, 6.45) is 1.92. The quantitative estimate of drug-likeness (QED) is 0.877. The molecule has 2 aromatic rings. The Labute approximate surface area is 133 Å². The molecule has 0 fully saturated rings. The molecule has 7 heteroatoms. The highest BCUT2D eigenvalue weighted by Crippen LogP contribution is 2.33. The highest BCUT2D eigenvalue weighted by Gasteiger charge is 2.18. The maximum absolute atomic E-state index is 14.1. The molecular weight excluding hydrogens is 307 g/mol. The van der Waals surface area contributed by atoms with Crippen LogP contribution in [0.25, 0.3) is 0 Å². The Hall–Kier alpha value is -2.08. The lowest BCUT2D eigenvalue weighted by Crippen LogP contribution is -2.29. The van der Waals surface area contributed by atoms with E-state index in [-0.39, 0.29) is 5.82 Å². The minimum Gasteiger partial charge on any atom is -0.489 e. The summed E-state index contributed by atoms with van der Waals surface area (Å²) in [6, 6.07) is 4.94. The molecule has 2 heterocycles. The molecular formula is C15H16ClFN4O. The van der Waals surface area contributed by atoms with Crippen LogP contribution in [0.15, 0.2) is 24.5 Å². The van der Waals surface area contributed by atoms with E-state index in [0.29, 0.717) is 41.9 Å². The molecule has 0 spiro atoms. The predicted molar refractivity (Wildman–Crippen MR) is 84.4 cm³/mol. The molecule has 3 rings (SSSR count). The summed E-state index contributed by atoms with van der Waals surface area (Å²) in [5.74, 6) is 0.973. The van der Waals surface area contributed by atoms with Crippen molar-refractivity contribution in [2.75, 3.05) is 37.0 Å². The Morgan fingerprint density at radius 3 is 3.05 bits per heavy atom. The minimum atomic E-state index is -0.253. The fourth-order valence-electron chi connectivity index (χ4n) is 2.36. The molecule has 0 amide bonds. The normalized spacial score (nSPS) is 13.5. The molecule has 0 atom stereocenters. The van der Waals surface area contributed by atoms with Gasteiger partial charge in [0.1, 0.15) is 35.5 Å². The van der Waals surface area contributed by atoms with Crippen LogP contribution in [0.4, 0.5) is 15.9 Å². The summed E-state index contributed by atoms with van der Waals surface area (Å²) in [5, 5.41) is 3.48. The number of hydrogen-bond acceptors (Lipinski definition) is 5. The number of anilines is 2. The average molecular weight is 323 g/mol. The summed E-state index contributed by atoms with van der Waals surface area (Å²) < 4.78 is 19.6. The van der Waals surface area contributed by atoms with E-state index in [1.54, 1.807) is 6.07 Å². The van der Waals surface area contributed by atoms with E-state index in [4.69, 9.17) is 16.3 Å². The van der Waals surface area contributed by atoms with Crippen LogP contribution in [-0.2, 0) is 6.42 Å². The van der Waals surface area contributed by atoms with Gasteiger partial charge in [-0.25, -0.2) is 14.4 Å². The number of halogens is 2. The van der Waals surface area contributed by atoms with Crippen molar-refractivity contribution in [2.45, 2.75) is 6.42 Å². The molecule has 1 aliphatic heterocycles. The Morgan fingerprint density at radius 1 is 1.36 bits per heavy atom. The molecule has 1 aromatic heterocycles. The van der Waals surface area contributed by atoms with E-state index in [1.807, 2.05) is 13.1 Å². The molecule has 0 saturated carbocycles. The summed E-state index contributed by atoms with van der Waals surface area (Å²) in [7, 11) is 1.98. The van der Waals surface area contributed by atoms with E-state index in [1.165, 1.54) is 12.4 Å². The summed E-state index contributed by atoms with van der Waals surface area (Å²) in [6.45, 7) is 1.93. The first-order valence-corrected chi connectivity index (χ1v) is 7.39. The van der Waals surface area contributed by atoms with Crippen molar-refractivity contribution in [3.63, 3.8) is 0 Å². The van der Waals surface area contributed by atoms with Gasteiger partial charge >= 0.3 is 0 Å². The average Bonchev–Trinajstić information content (AvgIpc) is 2.49. The van der Waals surface area contributed by atoms with Crippen LogP contribution < -0.4 is 15.0 Å². The Balaban J connectivity index is 1.69. The Morgan fingerprint density at radius 2 is 2.23 bits per heavy atom. The molecule has 5 nitrogen and oxygen atoms in total. The molecule has 0 saturated heterocycles. The summed E-state index contributed by atoms with van der Waals surface area (Å²) in [4.78, 5) is 9.93. The van der Waals surface area contributed by atoms with Gasteiger partial charge in [-0.05, 0) is 18.1 Å². The zero-order valence-electron chi connectivity index (χ0n) is 12.1. The maximum Gasteiger partial charge on any atom is 0.145 e. The van der Waals surface area contributed by atoms with Crippen molar-refractivity contribution in [3.05, 3.63) is 41.1 Å². The molecule has 1 aromatic carbocycles.